The highest BCUT2D eigenvalue weighted by molar-refractivity contribution is 5.92. The van der Waals surface area contributed by atoms with Gasteiger partial charge >= 0.3 is 0 Å². The summed E-state index contributed by atoms with van der Waals surface area (Å²) in [6.45, 7) is 3.58. The van der Waals surface area contributed by atoms with Gasteiger partial charge in [-0.2, -0.15) is 0 Å². The zero-order chi connectivity index (χ0) is 17.5. The van der Waals surface area contributed by atoms with Crippen LogP contribution in [-0.4, -0.2) is 41.3 Å². The summed E-state index contributed by atoms with van der Waals surface area (Å²) in [7, 11) is 0. The summed E-state index contributed by atoms with van der Waals surface area (Å²) < 4.78 is 0. The first-order chi connectivity index (χ1) is 11.5. The topological polar surface area (TPSA) is 92.6 Å². The molecule has 1 aromatic carbocycles. The summed E-state index contributed by atoms with van der Waals surface area (Å²) in [6.07, 6.45) is 4.31. The number of hydrogen-bond donors (Lipinski definition) is 1. The van der Waals surface area contributed by atoms with Crippen molar-refractivity contribution in [2.45, 2.75) is 19.8 Å². The molecule has 1 heterocycles. The van der Waals surface area contributed by atoms with Gasteiger partial charge in [0.1, 0.15) is 0 Å². The van der Waals surface area contributed by atoms with Crippen molar-refractivity contribution in [2.75, 3.05) is 19.6 Å². The fourth-order valence-electron chi connectivity index (χ4n) is 2.70. The van der Waals surface area contributed by atoms with E-state index in [1.807, 2.05) is 6.92 Å². The molecule has 2 rings (SSSR count). The maximum atomic E-state index is 12.2. The summed E-state index contributed by atoms with van der Waals surface area (Å²) in [6, 6.07) is 6.12. The zero-order valence-electron chi connectivity index (χ0n) is 13.6. The fourth-order valence-corrected chi connectivity index (χ4v) is 2.70. The SMILES string of the molecule is CCNC(=O)C1CCN(C(=O)/C=C/c2cccc([N+](=O)[O-])c2)CC1. The molecule has 0 spiro atoms. The normalized spacial score (nSPS) is 15.5. The first-order valence-electron chi connectivity index (χ1n) is 8.00. The van der Waals surface area contributed by atoms with E-state index >= 15 is 0 Å². The largest absolute Gasteiger partial charge is 0.356 e. The number of nitrogens with zero attached hydrogens (tertiary/aromatic N) is 2. The van der Waals surface area contributed by atoms with Crippen LogP contribution in [0.2, 0.25) is 0 Å². The van der Waals surface area contributed by atoms with Crippen LogP contribution in [0.5, 0.6) is 0 Å². The van der Waals surface area contributed by atoms with Crippen LogP contribution in [0.4, 0.5) is 5.69 Å². The van der Waals surface area contributed by atoms with Crippen LogP contribution in [0, 0.1) is 16.0 Å². The number of nitro groups is 1. The van der Waals surface area contributed by atoms with Crippen molar-refractivity contribution in [1.82, 2.24) is 10.2 Å². The molecule has 24 heavy (non-hydrogen) atoms. The van der Waals surface area contributed by atoms with Crippen LogP contribution in [0.25, 0.3) is 6.08 Å². The number of rotatable bonds is 5. The highest BCUT2D eigenvalue weighted by Gasteiger charge is 2.26. The molecule has 1 fully saturated rings. The molecule has 1 N–H and O–H groups in total. The number of carbonyl (C=O) groups is 2. The predicted molar refractivity (Wildman–Crippen MR) is 90.1 cm³/mol. The van der Waals surface area contributed by atoms with Gasteiger partial charge < -0.3 is 10.2 Å². The maximum absolute atomic E-state index is 12.2. The molecule has 7 heteroatoms. The molecular weight excluding hydrogens is 310 g/mol. The van der Waals surface area contributed by atoms with Gasteiger partial charge in [0.15, 0.2) is 0 Å². The Labute approximate surface area is 140 Å². The molecule has 1 aliphatic heterocycles. The molecule has 0 saturated carbocycles. The quantitative estimate of drug-likeness (QED) is 0.507. The lowest BCUT2D eigenvalue weighted by Gasteiger charge is -2.30. The van der Waals surface area contributed by atoms with Crippen molar-refractivity contribution in [3.05, 3.63) is 46.0 Å². The third-order valence-electron chi connectivity index (χ3n) is 4.03. The monoisotopic (exact) mass is 331 g/mol. The van der Waals surface area contributed by atoms with Crippen LogP contribution < -0.4 is 5.32 Å². The molecule has 1 aromatic rings. The Bertz CT molecular complexity index is 649. The van der Waals surface area contributed by atoms with Gasteiger partial charge in [0.05, 0.1) is 4.92 Å². The van der Waals surface area contributed by atoms with E-state index in [0.29, 0.717) is 38.0 Å². The Morgan fingerprint density at radius 1 is 1.38 bits per heavy atom. The van der Waals surface area contributed by atoms with E-state index in [2.05, 4.69) is 5.32 Å². The van der Waals surface area contributed by atoms with Crippen LogP contribution >= 0.6 is 0 Å². The molecular formula is C17H21N3O4. The van der Waals surface area contributed by atoms with Crippen molar-refractivity contribution < 1.29 is 14.5 Å². The Hall–Kier alpha value is -2.70. The molecule has 1 saturated heterocycles. The standard InChI is InChI=1S/C17H21N3O4/c1-2-18-17(22)14-8-10-19(11-9-14)16(21)7-6-13-4-3-5-15(12-13)20(23)24/h3-7,12,14H,2,8-11H2,1H3,(H,18,22)/b7-6+. The molecule has 0 unspecified atom stereocenters. The van der Waals surface area contributed by atoms with E-state index < -0.39 is 4.92 Å². The number of amides is 2. The van der Waals surface area contributed by atoms with Gasteiger partial charge in [-0.3, -0.25) is 19.7 Å². The van der Waals surface area contributed by atoms with E-state index in [1.54, 1.807) is 23.1 Å². The van der Waals surface area contributed by atoms with E-state index in [-0.39, 0.29) is 23.4 Å². The molecule has 2 amide bonds. The Morgan fingerprint density at radius 2 is 2.08 bits per heavy atom. The van der Waals surface area contributed by atoms with Gasteiger partial charge in [-0.05, 0) is 31.4 Å². The lowest BCUT2D eigenvalue weighted by atomic mass is 9.96. The van der Waals surface area contributed by atoms with Crippen molar-refractivity contribution in [3.63, 3.8) is 0 Å². The number of likely N-dealkylation sites (tertiary alicyclic amines) is 1. The van der Waals surface area contributed by atoms with Crippen LogP contribution in [0.15, 0.2) is 30.3 Å². The summed E-state index contributed by atoms with van der Waals surface area (Å²) >= 11 is 0. The molecule has 0 atom stereocenters. The first-order valence-corrected chi connectivity index (χ1v) is 8.00. The average Bonchev–Trinajstić information content (AvgIpc) is 2.60. The fraction of sp³-hybridized carbons (Fsp3) is 0.412. The van der Waals surface area contributed by atoms with E-state index in [0.717, 1.165) is 0 Å². The minimum Gasteiger partial charge on any atom is -0.356 e. The molecule has 7 nitrogen and oxygen atoms in total. The number of piperidine rings is 1. The number of hydrogen-bond acceptors (Lipinski definition) is 4. The van der Waals surface area contributed by atoms with Gasteiger partial charge in [0.2, 0.25) is 11.8 Å². The Balaban J connectivity index is 1.90. The second kappa shape index (κ2) is 8.24. The highest BCUT2D eigenvalue weighted by Crippen LogP contribution is 2.18. The van der Waals surface area contributed by atoms with Gasteiger partial charge in [-0.1, -0.05) is 12.1 Å². The second-order valence-electron chi connectivity index (χ2n) is 5.68. The molecule has 0 aliphatic carbocycles. The van der Waals surface area contributed by atoms with E-state index in [1.165, 1.54) is 18.2 Å². The van der Waals surface area contributed by atoms with Crippen LogP contribution in [0.1, 0.15) is 25.3 Å². The number of carbonyl (C=O) groups excluding carboxylic acids is 2. The van der Waals surface area contributed by atoms with Crippen molar-refractivity contribution in [3.8, 4) is 0 Å². The summed E-state index contributed by atoms with van der Waals surface area (Å²) in [4.78, 5) is 36.0. The number of benzene rings is 1. The molecule has 0 aromatic heterocycles. The van der Waals surface area contributed by atoms with Gasteiger partial charge in [0.25, 0.3) is 5.69 Å². The third-order valence-corrected chi connectivity index (χ3v) is 4.03. The van der Waals surface area contributed by atoms with E-state index in [9.17, 15) is 19.7 Å². The maximum Gasteiger partial charge on any atom is 0.270 e. The van der Waals surface area contributed by atoms with Crippen molar-refractivity contribution >= 4 is 23.6 Å². The molecule has 1 aliphatic rings. The summed E-state index contributed by atoms with van der Waals surface area (Å²) in [5.74, 6) is -0.123. The highest BCUT2D eigenvalue weighted by atomic mass is 16.6. The van der Waals surface area contributed by atoms with Gasteiger partial charge in [-0.15, -0.1) is 0 Å². The lowest BCUT2D eigenvalue weighted by Crippen LogP contribution is -2.42. The smallest absolute Gasteiger partial charge is 0.270 e. The summed E-state index contributed by atoms with van der Waals surface area (Å²) in [5.41, 5.74) is 0.599. The minimum atomic E-state index is -0.467. The third kappa shape index (κ3) is 4.65. The number of non-ortho nitro benzene ring substituents is 1. The molecule has 0 radical (unpaired) electrons. The van der Waals surface area contributed by atoms with E-state index in [4.69, 9.17) is 0 Å². The van der Waals surface area contributed by atoms with Gasteiger partial charge in [-0.25, -0.2) is 0 Å². The zero-order valence-corrected chi connectivity index (χ0v) is 13.6. The first kappa shape index (κ1) is 17.7. The predicted octanol–water partition coefficient (Wildman–Crippen LogP) is 1.98. The summed E-state index contributed by atoms with van der Waals surface area (Å²) in [5, 5.41) is 13.6. The lowest BCUT2D eigenvalue weighted by molar-refractivity contribution is -0.384. The van der Waals surface area contributed by atoms with Crippen LogP contribution in [0.3, 0.4) is 0 Å². The average molecular weight is 331 g/mol. The minimum absolute atomic E-state index is 0.00708. The Kier molecular flexibility index (Phi) is 6.06. The molecule has 128 valence electrons. The van der Waals surface area contributed by atoms with Crippen LogP contribution in [-0.2, 0) is 9.59 Å². The Morgan fingerprint density at radius 3 is 2.71 bits per heavy atom. The number of nitrogens with one attached hydrogen (secondary N) is 1. The molecule has 0 bridgehead atoms. The van der Waals surface area contributed by atoms with Crippen molar-refractivity contribution in [1.29, 1.82) is 0 Å². The number of nitro benzene ring substituents is 1. The second-order valence-corrected chi connectivity index (χ2v) is 5.68. The van der Waals surface area contributed by atoms with Crippen molar-refractivity contribution in [2.24, 2.45) is 5.92 Å². The van der Waals surface area contributed by atoms with Gasteiger partial charge in [0, 0.05) is 43.8 Å².